The predicted octanol–water partition coefficient (Wildman–Crippen LogP) is 0.734. The number of aromatic nitrogens is 2. The molecule has 6 heteroatoms. The number of anilines is 1. The molecule has 2 rings (SSSR count). The van der Waals surface area contributed by atoms with Crippen molar-refractivity contribution in [2.75, 3.05) is 44.7 Å². The molecule has 0 spiro atoms. The third-order valence-corrected chi connectivity index (χ3v) is 3.38. The number of aryl methyl sites for hydroxylation is 2. The van der Waals surface area contributed by atoms with Crippen LogP contribution in [0.4, 0.5) is 5.82 Å². The Morgan fingerprint density at radius 3 is 2.84 bits per heavy atom. The standard InChI is InChI=1S/C13H21N5O/c1-11-12(10-14)13(17(2)16-11)15-4-3-5-18-6-8-19-9-7-18/h15H,3-9H2,1-2H3. The molecule has 104 valence electrons. The van der Waals surface area contributed by atoms with E-state index in [-0.39, 0.29) is 0 Å². The Morgan fingerprint density at radius 2 is 2.16 bits per heavy atom. The first-order valence-electron chi connectivity index (χ1n) is 6.70. The van der Waals surface area contributed by atoms with Gasteiger partial charge in [-0.25, -0.2) is 0 Å². The fourth-order valence-electron chi connectivity index (χ4n) is 2.33. The lowest BCUT2D eigenvalue weighted by molar-refractivity contribution is 0.0378. The van der Waals surface area contributed by atoms with Crippen LogP contribution in [0.1, 0.15) is 17.7 Å². The molecular formula is C13H21N5O. The summed E-state index contributed by atoms with van der Waals surface area (Å²) in [6.07, 6.45) is 1.05. The second-order valence-electron chi connectivity index (χ2n) is 4.78. The maximum absolute atomic E-state index is 9.11. The van der Waals surface area contributed by atoms with Gasteiger partial charge in [0, 0.05) is 26.7 Å². The second-order valence-corrected chi connectivity index (χ2v) is 4.78. The molecule has 1 fully saturated rings. The molecule has 1 aliphatic rings. The highest BCUT2D eigenvalue weighted by Gasteiger charge is 2.13. The first kappa shape index (κ1) is 13.8. The number of nitriles is 1. The van der Waals surface area contributed by atoms with Gasteiger partial charge in [0.2, 0.25) is 0 Å². The van der Waals surface area contributed by atoms with Crippen LogP contribution in [-0.2, 0) is 11.8 Å². The summed E-state index contributed by atoms with van der Waals surface area (Å²) < 4.78 is 7.06. The number of ether oxygens (including phenoxy) is 1. The first-order valence-corrected chi connectivity index (χ1v) is 6.70. The second kappa shape index (κ2) is 6.55. The Balaban J connectivity index is 1.78. The van der Waals surface area contributed by atoms with Gasteiger partial charge in [-0.1, -0.05) is 0 Å². The molecule has 0 aromatic carbocycles. The van der Waals surface area contributed by atoms with Gasteiger partial charge >= 0.3 is 0 Å². The van der Waals surface area contributed by atoms with Crippen LogP contribution in [0, 0.1) is 18.3 Å². The fraction of sp³-hybridized carbons (Fsp3) is 0.692. The van der Waals surface area contributed by atoms with E-state index in [0.717, 1.165) is 57.3 Å². The van der Waals surface area contributed by atoms with E-state index in [4.69, 9.17) is 10.00 Å². The molecule has 6 nitrogen and oxygen atoms in total. The van der Waals surface area contributed by atoms with E-state index in [1.165, 1.54) is 0 Å². The average molecular weight is 263 g/mol. The molecular weight excluding hydrogens is 242 g/mol. The minimum absolute atomic E-state index is 0.647. The lowest BCUT2D eigenvalue weighted by Gasteiger charge is -2.26. The Bertz CT molecular complexity index is 456. The van der Waals surface area contributed by atoms with Crippen molar-refractivity contribution in [3.05, 3.63) is 11.3 Å². The highest BCUT2D eigenvalue weighted by Crippen LogP contribution is 2.17. The van der Waals surface area contributed by atoms with Crippen molar-refractivity contribution in [3.8, 4) is 6.07 Å². The number of morpholine rings is 1. The summed E-state index contributed by atoms with van der Waals surface area (Å²) in [4.78, 5) is 2.41. The van der Waals surface area contributed by atoms with Gasteiger partial charge in [0.05, 0.1) is 18.9 Å². The first-order chi connectivity index (χ1) is 9.22. The summed E-state index contributed by atoms with van der Waals surface area (Å²) in [5.74, 6) is 0.821. The third-order valence-electron chi connectivity index (χ3n) is 3.38. The Labute approximate surface area is 113 Å². The Hall–Kier alpha value is -1.58. The highest BCUT2D eigenvalue weighted by molar-refractivity contribution is 5.54. The molecule has 0 bridgehead atoms. The van der Waals surface area contributed by atoms with E-state index in [1.807, 2.05) is 14.0 Å². The maximum atomic E-state index is 9.11. The van der Waals surface area contributed by atoms with Gasteiger partial charge < -0.3 is 10.1 Å². The van der Waals surface area contributed by atoms with Crippen molar-refractivity contribution in [1.29, 1.82) is 5.26 Å². The number of hydrogen-bond acceptors (Lipinski definition) is 5. The largest absolute Gasteiger partial charge is 0.379 e. The number of nitrogens with zero attached hydrogens (tertiary/aromatic N) is 4. The van der Waals surface area contributed by atoms with E-state index in [1.54, 1.807) is 4.68 Å². The molecule has 0 aliphatic carbocycles. The Morgan fingerprint density at radius 1 is 1.42 bits per heavy atom. The molecule has 0 unspecified atom stereocenters. The molecule has 1 N–H and O–H groups in total. The summed E-state index contributed by atoms with van der Waals surface area (Å²) in [6, 6.07) is 2.20. The van der Waals surface area contributed by atoms with E-state index in [2.05, 4.69) is 21.4 Å². The SMILES string of the molecule is Cc1nn(C)c(NCCCN2CCOCC2)c1C#N. The van der Waals surface area contributed by atoms with Gasteiger partial charge in [-0.3, -0.25) is 9.58 Å². The highest BCUT2D eigenvalue weighted by atomic mass is 16.5. The van der Waals surface area contributed by atoms with Crippen molar-refractivity contribution in [2.24, 2.45) is 7.05 Å². The lowest BCUT2D eigenvalue weighted by atomic mass is 10.2. The van der Waals surface area contributed by atoms with Gasteiger partial charge in [0.1, 0.15) is 17.5 Å². The predicted molar refractivity (Wildman–Crippen MR) is 73.0 cm³/mol. The monoisotopic (exact) mass is 263 g/mol. The van der Waals surface area contributed by atoms with Crippen LogP contribution in [-0.4, -0.2) is 54.1 Å². The number of rotatable bonds is 5. The van der Waals surface area contributed by atoms with E-state index < -0.39 is 0 Å². The lowest BCUT2D eigenvalue weighted by Crippen LogP contribution is -2.37. The molecule has 1 aromatic rings. The molecule has 0 atom stereocenters. The van der Waals surface area contributed by atoms with Crippen molar-refractivity contribution >= 4 is 5.82 Å². The van der Waals surface area contributed by atoms with Crippen LogP contribution in [0.25, 0.3) is 0 Å². The minimum Gasteiger partial charge on any atom is -0.379 e. The summed E-state index contributed by atoms with van der Waals surface area (Å²) in [7, 11) is 1.86. The normalized spacial score (nSPS) is 16.3. The summed E-state index contributed by atoms with van der Waals surface area (Å²) >= 11 is 0. The Kier molecular flexibility index (Phi) is 4.77. The molecule has 2 heterocycles. The van der Waals surface area contributed by atoms with E-state index in [0.29, 0.717) is 5.56 Å². The van der Waals surface area contributed by atoms with Crippen LogP contribution in [0.5, 0.6) is 0 Å². The van der Waals surface area contributed by atoms with Gasteiger partial charge in [-0.15, -0.1) is 0 Å². The summed E-state index contributed by atoms with van der Waals surface area (Å²) in [5.41, 5.74) is 1.43. The zero-order valence-electron chi connectivity index (χ0n) is 11.6. The number of nitrogens with one attached hydrogen (secondary N) is 1. The van der Waals surface area contributed by atoms with Gasteiger partial charge in [-0.2, -0.15) is 10.4 Å². The van der Waals surface area contributed by atoms with Crippen LogP contribution in [0.3, 0.4) is 0 Å². The summed E-state index contributed by atoms with van der Waals surface area (Å²) in [6.45, 7) is 7.50. The van der Waals surface area contributed by atoms with Gasteiger partial charge in [0.15, 0.2) is 0 Å². The zero-order valence-corrected chi connectivity index (χ0v) is 11.6. The minimum atomic E-state index is 0.647. The van der Waals surface area contributed by atoms with Crippen LogP contribution >= 0.6 is 0 Å². The molecule has 0 radical (unpaired) electrons. The smallest absolute Gasteiger partial charge is 0.142 e. The van der Waals surface area contributed by atoms with Crippen LogP contribution in [0.2, 0.25) is 0 Å². The van der Waals surface area contributed by atoms with Crippen LogP contribution < -0.4 is 5.32 Å². The van der Waals surface area contributed by atoms with Crippen molar-refractivity contribution in [2.45, 2.75) is 13.3 Å². The molecule has 0 saturated carbocycles. The molecule has 1 saturated heterocycles. The number of hydrogen-bond donors (Lipinski definition) is 1. The molecule has 1 aromatic heterocycles. The summed E-state index contributed by atoms with van der Waals surface area (Å²) in [5, 5.41) is 16.7. The quantitative estimate of drug-likeness (QED) is 0.794. The van der Waals surface area contributed by atoms with Gasteiger partial charge in [-0.05, 0) is 19.9 Å². The molecule has 19 heavy (non-hydrogen) atoms. The zero-order chi connectivity index (χ0) is 13.7. The maximum Gasteiger partial charge on any atom is 0.142 e. The third kappa shape index (κ3) is 3.46. The topological polar surface area (TPSA) is 66.1 Å². The molecule has 0 amide bonds. The average Bonchev–Trinajstić information content (AvgIpc) is 2.70. The molecule has 1 aliphatic heterocycles. The fourth-order valence-corrected chi connectivity index (χ4v) is 2.33. The van der Waals surface area contributed by atoms with E-state index in [9.17, 15) is 0 Å². The van der Waals surface area contributed by atoms with E-state index >= 15 is 0 Å². The van der Waals surface area contributed by atoms with Crippen molar-refractivity contribution in [3.63, 3.8) is 0 Å². The van der Waals surface area contributed by atoms with Gasteiger partial charge in [0.25, 0.3) is 0 Å². The van der Waals surface area contributed by atoms with Crippen LogP contribution in [0.15, 0.2) is 0 Å². The van der Waals surface area contributed by atoms with Crippen molar-refractivity contribution in [1.82, 2.24) is 14.7 Å². The van der Waals surface area contributed by atoms with Crippen molar-refractivity contribution < 1.29 is 4.74 Å².